The highest BCUT2D eigenvalue weighted by molar-refractivity contribution is 7.92. The van der Waals surface area contributed by atoms with Gasteiger partial charge in [-0.3, -0.25) is 18.6 Å². The first-order valence-corrected chi connectivity index (χ1v) is 15.0. The van der Waals surface area contributed by atoms with Crippen molar-refractivity contribution in [1.29, 1.82) is 0 Å². The zero-order valence-electron chi connectivity index (χ0n) is 21.8. The number of rotatable bonds is 8. The zero-order valence-corrected chi connectivity index (χ0v) is 23.4. The zero-order chi connectivity index (χ0) is 30.6. The van der Waals surface area contributed by atoms with Gasteiger partial charge in [0, 0.05) is 37.0 Å². The number of carbonyl (C=O) groups is 1. The van der Waals surface area contributed by atoms with E-state index >= 15 is 0 Å². The van der Waals surface area contributed by atoms with Crippen molar-refractivity contribution in [1.82, 2.24) is 19.9 Å². The Labute approximate surface area is 233 Å². The molecule has 0 saturated heterocycles. The molecule has 2 aromatic heterocycles. The summed E-state index contributed by atoms with van der Waals surface area (Å²) in [6.45, 7) is 1.07. The minimum atomic E-state index is -4.76. The molecule has 1 aliphatic rings. The summed E-state index contributed by atoms with van der Waals surface area (Å²) in [6, 6.07) is 4.99. The van der Waals surface area contributed by atoms with E-state index in [0.29, 0.717) is 17.6 Å². The maximum Gasteiger partial charge on any atom is 0.421 e. The third kappa shape index (κ3) is 8.69. The van der Waals surface area contributed by atoms with E-state index in [1.807, 2.05) is 0 Å². The number of sulfonamides is 1. The van der Waals surface area contributed by atoms with E-state index in [2.05, 4.69) is 35.9 Å². The number of amides is 1. The number of carbonyl (C=O) groups excluding carboxylic acids is 1. The van der Waals surface area contributed by atoms with E-state index in [4.69, 9.17) is 4.55 Å². The van der Waals surface area contributed by atoms with Gasteiger partial charge < -0.3 is 16.0 Å². The van der Waals surface area contributed by atoms with Crippen LogP contribution in [-0.4, -0.2) is 66.3 Å². The van der Waals surface area contributed by atoms with E-state index in [1.54, 1.807) is 18.2 Å². The monoisotopic (exact) mass is 618 g/mol. The molecule has 1 aliphatic heterocycles. The molecule has 0 unspecified atom stereocenters. The fraction of sp³-hybridized carbons (Fsp3) is 0.318. The third-order valence-corrected chi connectivity index (χ3v) is 7.32. The van der Waals surface area contributed by atoms with Crippen molar-refractivity contribution in [2.75, 3.05) is 39.3 Å². The molecule has 222 valence electrons. The second-order valence-electron chi connectivity index (χ2n) is 8.46. The van der Waals surface area contributed by atoms with Crippen LogP contribution in [0.5, 0.6) is 0 Å². The summed E-state index contributed by atoms with van der Waals surface area (Å²) in [5.41, 5.74) is 0.829. The van der Waals surface area contributed by atoms with Gasteiger partial charge in [-0.2, -0.15) is 26.6 Å². The summed E-state index contributed by atoms with van der Waals surface area (Å²) in [7, 11) is -6.08. The number of benzene rings is 1. The van der Waals surface area contributed by atoms with Gasteiger partial charge in [-0.05, 0) is 24.6 Å². The maximum absolute atomic E-state index is 13.6. The quantitative estimate of drug-likeness (QED) is 0.270. The Bertz CT molecular complexity index is 1650. The lowest BCUT2D eigenvalue weighted by Gasteiger charge is -2.19. The molecule has 0 saturated carbocycles. The van der Waals surface area contributed by atoms with Crippen molar-refractivity contribution in [3.63, 3.8) is 0 Å². The van der Waals surface area contributed by atoms with Crippen LogP contribution in [0.2, 0.25) is 0 Å². The van der Waals surface area contributed by atoms with E-state index in [1.165, 1.54) is 26.4 Å². The molecule has 0 radical (unpaired) electrons. The van der Waals surface area contributed by atoms with Gasteiger partial charge in [0.05, 0.1) is 25.0 Å². The van der Waals surface area contributed by atoms with E-state index in [9.17, 15) is 34.8 Å². The lowest BCUT2D eigenvalue weighted by molar-refractivity contribution is -0.137. The summed E-state index contributed by atoms with van der Waals surface area (Å²) >= 11 is 0. The summed E-state index contributed by atoms with van der Waals surface area (Å²) in [5.74, 6) is -1.06. The average molecular weight is 619 g/mol. The fourth-order valence-corrected chi connectivity index (χ4v) is 3.74. The number of hydrogen-bond donors (Lipinski definition) is 4. The minimum Gasteiger partial charge on any atom is -0.364 e. The average Bonchev–Trinajstić information content (AvgIpc) is 3.25. The molecule has 3 heterocycles. The maximum atomic E-state index is 13.6. The van der Waals surface area contributed by atoms with Crippen LogP contribution >= 0.6 is 0 Å². The molecular weight excluding hydrogens is 593 g/mol. The van der Waals surface area contributed by atoms with E-state index in [-0.39, 0.29) is 42.1 Å². The number of hydrogen-bond acceptors (Lipinski definition) is 11. The molecule has 1 aromatic carbocycles. The second kappa shape index (κ2) is 12.2. The third-order valence-electron chi connectivity index (χ3n) is 5.42. The minimum absolute atomic E-state index is 0.0383. The molecule has 4 N–H and O–H groups in total. The van der Waals surface area contributed by atoms with Crippen molar-refractivity contribution in [3.8, 4) is 0 Å². The number of nitrogens with one attached hydrogen (secondary N) is 3. The number of alkyl halides is 3. The summed E-state index contributed by atoms with van der Waals surface area (Å²) in [6.07, 6.45) is -0.346. The molecule has 14 nitrogen and oxygen atoms in total. The number of halogens is 3. The fourth-order valence-electron chi connectivity index (χ4n) is 3.28. The number of fused-ring (bicyclic) bond motifs is 1. The molecule has 0 spiro atoms. The predicted molar refractivity (Wildman–Crippen MR) is 144 cm³/mol. The Balaban J connectivity index is 0.000000696. The standard InChI is InChI=1S/C20H19F3N8O3S.C2H6O3S/c1-31(35(2,33)34)18-15(24-5-6-25-18)10-26-17-13(20(21,22)23)9-27-19(30-17)28-12-4-3-11-7-16(32)29-14(11)8-12;1-2-6(3,4)5/h3-6,8-9H,7,10H2,1-2H3,(H,29,32)(H2,26,27,28,30);2H2,1H3,(H,3,4,5). The Morgan fingerprint density at radius 3 is 2.39 bits per heavy atom. The van der Waals surface area contributed by atoms with Gasteiger partial charge in [-0.1, -0.05) is 6.07 Å². The van der Waals surface area contributed by atoms with Crippen molar-refractivity contribution in [2.24, 2.45) is 0 Å². The molecule has 0 fully saturated rings. The van der Waals surface area contributed by atoms with Crippen LogP contribution in [-0.2, 0) is 44.1 Å². The molecule has 0 bridgehead atoms. The number of nitrogens with zero attached hydrogens (tertiary/aromatic N) is 5. The van der Waals surface area contributed by atoms with Gasteiger partial charge in [0.25, 0.3) is 10.1 Å². The van der Waals surface area contributed by atoms with E-state index in [0.717, 1.165) is 16.1 Å². The SMILES string of the molecule is CCS(=O)(=O)O.CN(c1nccnc1CNc1nc(Nc2ccc3c(c2)NC(=O)C3)ncc1C(F)(F)F)S(C)(=O)=O. The predicted octanol–water partition coefficient (Wildman–Crippen LogP) is 2.43. The molecule has 19 heteroatoms. The van der Waals surface area contributed by atoms with Crippen molar-refractivity contribution in [2.45, 2.75) is 26.1 Å². The highest BCUT2D eigenvalue weighted by atomic mass is 32.2. The molecule has 4 rings (SSSR count). The van der Waals surface area contributed by atoms with Crippen LogP contribution < -0.4 is 20.3 Å². The van der Waals surface area contributed by atoms with Crippen LogP contribution in [0.25, 0.3) is 0 Å². The number of anilines is 5. The Kier molecular flexibility index (Phi) is 9.34. The molecule has 0 aliphatic carbocycles. The first-order valence-electron chi connectivity index (χ1n) is 11.5. The van der Waals surface area contributed by atoms with Crippen molar-refractivity contribution >= 4 is 55.0 Å². The Morgan fingerprint density at radius 1 is 1.12 bits per heavy atom. The van der Waals surface area contributed by atoms with Crippen LogP contribution in [0.3, 0.4) is 0 Å². The molecule has 41 heavy (non-hydrogen) atoms. The van der Waals surface area contributed by atoms with Gasteiger partial charge in [0.2, 0.25) is 21.9 Å². The highest BCUT2D eigenvalue weighted by Gasteiger charge is 2.35. The Morgan fingerprint density at radius 2 is 1.78 bits per heavy atom. The summed E-state index contributed by atoms with van der Waals surface area (Å²) in [4.78, 5) is 27.3. The lowest BCUT2D eigenvalue weighted by Crippen LogP contribution is -2.27. The normalized spacial score (nSPS) is 13.0. The summed E-state index contributed by atoms with van der Waals surface area (Å²) < 4.78 is 92.3. The first kappa shape index (κ1) is 31.4. The molecule has 3 aromatic rings. The smallest absolute Gasteiger partial charge is 0.364 e. The topological polar surface area (TPSA) is 196 Å². The molecule has 1 amide bonds. The Hall–Kier alpha value is -4.10. The van der Waals surface area contributed by atoms with Crippen LogP contribution in [0.4, 0.5) is 42.1 Å². The van der Waals surface area contributed by atoms with Crippen LogP contribution in [0.1, 0.15) is 23.7 Å². The first-order chi connectivity index (χ1) is 19.0. The van der Waals surface area contributed by atoms with Gasteiger partial charge in [-0.15, -0.1) is 0 Å². The van der Waals surface area contributed by atoms with Crippen molar-refractivity contribution in [3.05, 3.63) is 53.6 Å². The number of aromatic nitrogens is 4. The van der Waals surface area contributed by atoms with Crippen LogP contribution in [0.15, 0.2) is 36.8 Å². The van der Waals surface area contributed by atoms with Gasteiger partial charge in [0.15, 0.2) is 5.82 Å². The second-order valence-corrected chi connectivity index (χ2v) is 12.2. The lowest BCUT2D eigenvalue weighted by atomic mass is 10.1. The van der Waals surface area contributed by atoms with E-state index < -0.39 is 37.7 Å². The molecular formula is C22H25F3N8O6S2. The van der Waals surface area contributed by atoms with Gasteiger partial charge in [0.1, 0.15) is 17.1 Å². The largest absolute Gasteiger partial charge is 0.421 e. The van der Waals surface area contributed by atoms with Crippen molar-refractivity contribution < 1.29 is 39.4 Å². The van der Waals surface area contributed by atoms with Gasteiger partial charge in [-0.25, -0.2) is 18.4 Å². The summed E-state index contributed by atoms with van der Waals surface area (Å²) in [5, 5.41) is 8.07. The van der Waals surface area contributed by atoms with Gasteiger partial charge >= 0.3 is 6.18 Å². The van der Waals surface area contributed by atoms with Crippen LogP contribution in [0, 0.1) is 0 Å². The molecule has 0 atom stereocenters. The highest BCUT2D eigenvalue weighted by Crippen LogP contribution is 2.35.